The molecule has 0 amide bonds. The van der Waals surface area contributed by atoms with E-state index in [-0.39, 0.29) is 10.7 Å². The molecule has 0 aliphatic carbocycles. The second-order valence-corrected chi connectivity index (χ2v) is 7.94. The highest BCUT2D eigenvalue weighted by molar-refractivity contribution is 7.89. The highest BCUT2D eigenvalue weighted by atomic mass is 32.2. The van der Waals surface area contributed by atoms with Crippen molar-refractivity contribution in [3.05, 3.63) is 60.8 Å². The number of para-hydroxylation sites is 2. The van der Waals surface area contributed by atoms with Crippen LogP contribution in [-0.2, 0) is 10.0 Å². The van der Waals surface area contributed by atoms with Crippen molar-refractivity contribution in [3.63, 3.8) is 0 Å². The lowest BCUT2D eigenvalue weighted by Gasteiger charge is -2.09. The van der Waals surface area contributed by atoms with E-state index in [0.29, 0.717) is 34.7 Å². The second-order valence-electron chi connectivity index (χ2n) is 6.17. The number of pyridine rings is 1. The first-order chi connectivity index (χ1) is 13.5. The number of nitrogens with one attached hydrogen (secondary N) is 1. The first-order valence-electron chi connectivity index (χ1n) is 8.69. The molecule has 4 rings (SSSR count). The molecule has 0 unspecified atom stereocenters. The Hall–Kier alpha value is -3.23. The Labute approximate surface area is 162 Å². The van der Waals surface area contributed by atoms with Gasteiger partial charge in [0.25, 0.3) is 0 Å². The van der Waals surface area contributed by atoms with E-state index < -0.39 is 10.0 Å². The van der Waals surface area contributed by atoms with Crippen LogP contribution in [0.4, 0.5) is 5.82 Å². The third-order valence-corrected chi connectivity index (χ3v) is 5.80. The van der Waals surface area contributed by atoms with Gasteiger partial charge in [0, 0.05) is 18.3 Å². The van der Waals surface area contributed by atoms with Crippen molar-refractivity contribution in [1.82, 2.24) is 14.7 Å². The summed E-state index contributed by atoms with van der Waals surface area (Å²) < 4.78 is 32.9. The molecular weight excluding hydrogens is 376 g/mol. The maximum absolute atomic E-state index is 12.3. The van der Waals surface area contributed by atoms with Crippen molar-refractivity contribution in [1.29, 1.82) is 0 Å². The molecule has 0 radical (unpaired) electrons. The number of benzene rings is 2. The van der Waals surface area contributed by atoms with Gasteiger partial charge in [0.1, 0.15) is 11.3 Å². The summed E-state index contributed by atoms with van der Waals surface area (Å²) in [7, 11) is -3.55. The summed E-state index contributed by atoms with van der Waals surface area (Å²) in [6, 6.07) is 15.9. The lowest BCUT2D eigenvalue weighted by molar-refractivity contribution is 0.584. The minimum absolute atomic E-state index is 0.187. The number of sulfonamides is 1. The van der Waals surface area contributed by atoms with E-state index in [9.17, 15) is 8.42 Å². The van der Waals surface area contributed by atoms with Crippen LogP contribution in [0.5, 0.6) is 0 Å². The first kappa shape index (κ1) is 18.1. The van der Waals surface area contributed by atoms with Gasteiger partial charge in [-0.25, -0.2) is 23.1 Å². The van der Waals surface area contributed by atoms with Crippen LogP contribution in [0.15, 0.2) is 70.1 Å². The molecule has 2 aromatic heterocycles. The molecule has 0 saturated carbocycles. The third kappa shape index (κ3) is 3.35. The Morgan fingerprint density at radius 2 is 1.89 bits per heavy atom. The minimum Gasteiger partial charge on any atom is -0.436 e. The average molecular weight is 394 g/mol. The Morgan fingerprint density at radius 3 is 2.68 bits per heavy atom. The molecule has 8 heteroatoms. The highest BCUT2D eigenvalue weighted by Gasteiger charge is 2.16. The molecule has 0 aliphatic heterocycles. The van der Waals surface area contributed by atoms with Gasteiger partial charge in [0.15, 0.2) is 5.58 Å². The number of hydrogen-bond acceptors (Lipinski definition) is 6. The topological polar surface area (TPSA) is 111 Å². The van der Waals surface area contributed by atoms with Crippen LogP contribution in [0.25, 0.3) is 33.7 Å². The zero-order chi connectivity index (χ0) is 19.7. The van der Waals surface area contributed by atoms with Gasteiger partial charge in [-0.3, -0.25) is 0 Å². The van der Waals surface area contributed by atoms with Gasteiger partial charge in [-0.05, 0) is 35.9 Å². The number of oxazole rings is 1. The van der Waals surface area contributed by atoms with Gasteiger partial charge in [0.2, 0.25) is 15.9 Å². The quantitative estimate of drug-likeness (QED) is 0.536. The predicted molar refractivity (Wildman–Crippen MR) is 108 cm³/mol. The largest absolute Gasteiger partial charge is 0.436 e. The monoisotopic (exact) mass is 394 g/mol. The van der Waals surface area contributed by atoms with E-state index >= 15 is 0 Å². The van der Waals surface area contributed by atoms with Gasteiger partial charge in [0.05, 0.1) is 10.5 Å². The van der Waals surface area contributed by atoms with Crippen molar-refractivity contribution in [2.24, 2.45) is 0 Å². The minimum atomic E-state index is -3.55. The van der Waals surface area contributed by atoms with Gasteiger partial charge >= 0.3 is 0 Å². The van der Waals surface area contributed by atoms with Gasteiger partial charge < -0.3 is 10.2 Å². The fourth-order valence-electron chi connectivity index (χ4n) is 2.91. The second kappa shape index (κ2) is 7.06. The fourth-order valence-corrected chi connectivity index (χ4v) is 3.99. The molecule has 142 valence electrons. The zero-order valence-electron chi connectivity index (χ0n) is 15.1. The van der Waals surface area contributed by atoms with E-state index in [1.165, 1.54) is 0 Å². The van der Waals surface area contributed by atoms with Crippen molar-refractivity contribution >= 4 is 26.9 Å². The third-order valence-electron chi connectivity index (χ3n) is 4.25. The predicted octanol–water partition coefficient (Wildman–Crippen LogP) is 3.44. The standard InChI is InChI=1S/C20H18N4O3S/c1-2-23-28(25,26)15-7-5-6-13(10-15)14-11-16(19(21)22-12-14)20-24-17-8-3-4-9-18(17)27-20/h3-12,23H,2H2,1H3,(H2,21,22). The molecule has 0 fully saturated rings. The highest BCUT2D eigenvalue weighted by Crippen LogP contribution is 2.31. The maximum atomic E-state index is 12.3. The van der Waals surface area contributed by atoms with Crippen molar-refractivity contribution < 1.29 is 12.8 Å². The molecule has 2 heterocycles. The van der Waals surface area contributed by atoms with Crippen LogP contribution in [-0.4, -0.2) is 24.9 Å². The summed E-state index contributed by atoms with van der Waals surface area (Å²) in [6.07, 6.45) is 1.60. The van der Waals surface area contributed by atoms with Gasteiger partial charge in [-0.15, -0.1) is 0 Å². The van der Waals surface area contributed by atoms with Crippen molar-refractivity contribution in [2.45, 2.75) is 11.8 Å². The van der Waals surface area contributed by atoms with Gasteiger partial charge in [-0.2, -0.15) is 0 Å². The number of aromatic nitrogens is 2. The van der Waals surface area contributed by atoms with Crippen LogP contribution < -0.4 is 10.5 Å². The van der Waals surface area contributed by atoms with Crippen LogP contribution >= 0.6 is 0 Å². The van der Waals surface area contributed by atoms with E-state index in [2.05, 4.69) is 14.7 Å². The van der Waals surface area contributed by atoms with Gasteiger partial charge in [-0.1, -0.05) is 31.2 Å². The molecule has 4 aromatic rings. The average Bonchev–Trinajstić information content (AvgIpc) is 3.12. The summed E-state index contributed by atoms with van der Waals surface area (Å²) in [5.41, 5.74) is 9.38. The molecule has 2 aromatic carbocycles. The summed E-state index contributed by atoms with van der Waals surface area (Å²) in [4.78, 5) is 8.90. The lowest BCUT2D eigenvalue weighted by atomic mass is 10.1. The normalized spacial score (nSPS) is 11.8. The summed E-state index contributed by atoms with van der Waals surface area (Å²) in [6.45, 7) is 2.05. The summed E-state index contributed by atoms with van der Waals surface area (Å²) in [5.74, 6) is 0.649. The number of hydrogen-bond donors (Lipinski definition) is 2. The molecular formula is C20H18N4O3S. The number of nitrogen functional groups attached to an aromatic ring is 1. The summed E-state index contributed by atoms with van der Waals surface area (Å²) >= 11 is 0. The molecule has 0 bridgehead atoms. The number of rotatable bonds is 5. The molecule has 28 heavy (non-hydrogen) atoms. The molecule has 0 aliphatic rings. The number of nitrogens with two attached hydrogens (primary N) is 1. The molecule has 0 saturated heterocycles. The molecule has 7 nitrogen and oxygen atoms in total. The Bertz CT molecular complexity index is 1230. The van der Waals surface area contributed by atoms with Crippen LogP contribution in [0.3, 0.4) is 0 Å². The fraction of sp³-hybridized carbons (Fsp3) is 0.100. The SMILES string of the molecule is CCNS(=O)(=O)c1cccc(-c2cnc(N)c(-c3nc4ccccc4o3)c2)c1. The van der Waals surface area contributed by atoms with Crippen LogP contribution in [0, 0.1) is 0 Å². The zero-order valence-corrected chi connectivity index (χ0v) is 15.9. The molecule has 0 spiro atoms. The number of nitrogens with zero attached hydrogens (tertiary/aromatic N) is 2. The van der Waals surface area contributed by atoms with Crippen molar-refractivity contribution in [2.75, 3.05) is 12.3 Å². The van der Waals surface area contributed by atoms with Crippen LogP contribution in [0.1, 0.15) is 6.92 Å². The Morgan fingerprint density at radius 1 is 1.07 bits per heavy atom. The first-order valence-corrected chi connectivity index (χ1v) is 10.2. The van der Waals surface area contributed by atoms with Crippen molar-refractivity contribution in [3.8, 4) is 22.6 Å². The molecule has 0 atom stereocenters. The summed E-state index contributed by atoms with van der Waals surface area (Å²) in [5, 5.41) is 0. The van der Waals surface area contributed by atoms with E-state index in [1.54, 1.807) is 37.4 Å². The van der Waals surface area contributed by atoms with E-state index in [4.69, 9.17) is 10.2 Å². The van der Waals surface area contributed by atoms with E-state index in [1.807, 2.05) is 30.3 Å². The van der Waals surface area contributed by atoms with E-state index in [0.717, 1.165) is 5.52 Å². The Kier molecular flexibility index (Phi) is 4.58. The maximum Gasteiger partial charge on any atom is 0.240 e. The number of anilines is 1. The Balaban J connectivity index is 1.79. The number of fused-ring (bicyclic) bond motifs is 1. The lowest BCUT2D eigenvalue weighted by Crippen LogP contribution is -2.23. The molecule has 3 N–H and O–H groups in total. The smallest absolute Gasteiger partial charge is 0.240 e. The van der Waals surface area contributed by atoms with Crippen LogP contribution in [0.2, 0.25) is 0 Å².